The number of nitrogens with zero attached hydrogens (tertiary/aromatic N) is 5. The van der Waals surface area contributed by atoms with Crippen molar-refractivity contribution in [3.63, 3.8) is 0 Å². The molecule has 0 spiro atoms. The van der Waals surface area contributed by atoms with Crippen molar-refractivity contribution in [2.45, 2.75) is 19.6 Å². The van der Waals surface area contributed by atoms with Crippen LogP contribution in [0.25, 0.3) is 17.0 Å². The Hall–Kier alpha value is -4.33. The van der Waals surface area contributed by atoms with Crippen molar-refractivity contribution in [2.24, 2.45) is 0 Å². The minimum absolute atomic E-state index is 0.0800. The molecule has 5 aromatic rings. The molecule has 13 heteroatoms. The van der Waals surface area contributed by atoms with Crippen molar-refractivity contribution in [3.8, 4) is 11.4 Å². The Labute approximate surface area is 255 Å². The molecule has 0 atom stereocenters. The van der Waals surface area contributed by atoms with Gasteiger partial charge in [0.25, 0.3) is 5.91 Å². The predicted octanol–water partition coefficient (Wildman–Crippen LogP) is 6.67. The number of likely N-dealkylation sites (N-methyl/N-ethyl adjacent to an activating group) is 1. The summed E-state index contributed by atoms with van der Waals surface area (Å²) < 4.78 is 57.8. The monoisotopic (exact) mass is 623 g/mol. The Morgan fingerprint density at radius 3 is 2.64 bits per heavy atom. The second kappa shape index (κ2) is 12.0. The molecule has 0 bridgehead atoms. The molecule has 3 aromatic heterocycles. The van der Waals surface area contributed by atoms with Gasteiger partial charge in [-0.3, -0.25) is 14.1 Å². The van der Waals surface area contributed by atoms with Crippen LogP contribution in [0.15, 0.2) is 66.3 Å². The maximum Gasteiger partial charge on any atom is 0.416 e. The van der Waals surface area contributed by atoms with Crippen molar-refractivity contribution in [3.05, 3.63) is 94.4 Å². The number of amides is 1. The molecule has 0 saturated carbocycles. The van der Waals surface area contributed by atoms with Crippen molar-refractivity contribution in [1.82, 2.24) is 24.2 Å². The molecule has 2 aromatic carbocycles. The number of carbonyl (C=O) groups excluding carboxylic acids is 1. The van der Waals surface area contributed by atoms with Gasteiger partial charge < -0.3 is 15.5 Å². The van der Waals surface area contributed by atoms with Crippen LogP contribution in [-0.4, -0.2) is 63.3 Å². The lowest BCUT2D eigenvalue weighted by Crippen LogP contribution is -2.44. The van der Waals surface area contributed by atoms with Gasteiger partial charge in [-0.25, -0.2) is 14.4 Å². The zero-order valence-corrected chi connectivity index (χ0v) is 24.8. The van der Waals surface area contributed by atoms with E-state index in [1.54, 1.807) is 41.1 Å². The minimum Gasteiger partial charge on any atom is -0.331 e. The lowest BCUT2D eigenvalue weighted by atomic mass is 10.0. The van der Waals surface area contributed by atoms with E-state index < -0.39 is 23.5 Å². The smallest absolute Gasteiger partial charge is 0.331 e. The second-order valence-electron chi connectivity index (χ2n) is 10.8. The van der Waals surface area contributed by atoms with Crippen LogP contribution in [0.5, 0.6) is 0 Å². The second-order valence-corrected chi connectivity index (χ2v) is 11.6. The third-order valence-electron chi connectivity index (χ3n) is 7.66. The number of thiazole rings is 1. The molecule has 1 aliphatic heterocycles. The quantitative estimate of drug-likeness (QED) is 0.197. The van der Waals surface area contributed by atoms with Crippen molar-refractivity contribution < 1.29 is 22.4 Å². The van der Waals surface area contributed by atoms with Gasteiger partial charge in [-0.15, -0.1) is 11.3 Å². The summed E-state index contributed by atoms with van der Waals surface area (Å²) in [5.74, 6) is -1.08. The van der Waals surface area contributed by atoms with E-state index in [2.05, 4.69) is 25.5 Å². The fraction of sp³-hybridized carbons (Fsp3) is 0.258. The van der Waals surface area contributed by atoms with E-state index >= 15 is 0 Å². The highest BCUT2D eigenvalue weighted by molar-refractivity contribution is 7.14. The van der Waals surface area contributed by atoms with Crippen LogP contribution in [0, 0.1) is 12.7 Å². The average molecular weight is 624 g/mol. The van der Waals surface area contributed by atoms with E-state index in [0.717, 1.165) is 24.7 Å². The first-order valence-corrected chi connectivity index (χ1v) is 14.8. The number of piperazine rings is 1. The lowest BCUT2D eigenvalue weighted by Gasteiger charge is -2.33. The molecule has 1 fully saturated rings. The molecule has 1 amide bonds. The summed E-state index contributed by atoms with van der Waals surface area (Å²) in [6.45, 7) is 5.00. The maximum absolute atomic E-state index is 14.1. The molecule has 44 heavy (non-hydrogen) atoms. The number of halogens is 4. The molecule has 228 valence electrons. The fourth-order valence-electron chi connectivity index (χ4n) is 5.13. The Kier molecular flexibility index (Phi) is 8.10. The molecule has 0 unspecified atom stereocenters. The summed E-state index contributed by atoms with van der Waals surface area (Å²) in [4.78, 5) is 26.0. The zero-order chi connectivity index (χ0) is 31.0. The van der Waals surface area contributed by atoms with Gasteiger partial charge in [0.2, 0.25) is 0 Å². The van der Waals surface area contributed by atoms with Gasteiger partial charge in [-0.1, -0.05) is 12.1 Å². The van der Waals surface area contributed by atoms with E-state index in [1.807, 2.05) is 24.3 Å². The highest BCUT2D eigenvalue weighted by Crippen LogP contribution is 2.34. The van der Waals surface area contributed by atoms with Crippen LogP contribution in [0.2, 0.25) is 0 Å². The van der Waals surface area contributed by atoms with Crippen LogP contribution >= 0.6 is 11.3 Å². The standard InChI is InChI=1S/C31H29F4N7OS/c1-19-5-8-22(15-25(19)38-30-39-26(18-44-30)27-16-36-28-24(32)4-3-9-42(27)28)37-29(43)20-6-7-21(23(14-20)31(33,34)35)17-41-12-10-40(2)11-13-41/h3-9,14-16,18H,10-13,17H2,1-2H3,(H,37,43)(H,38,39). The molecule has 1 aliphatic rings. The van der Waals surface area contributed by atoms with Crippen molar-refractivity contribution in [2.75, 3.05) is 43.9 Å². The number of rotatable bonds is 7. The number of aromatic nitrogens is 3. The van der Waals surface area contributed by atoms with Crippen LogP contribution in [0.3, 0.4) is 0 Å². The van der Waals surface area contributed by atoms with Gasteiger partial charge in [0, 0.05) is 61.2 Å². The third kappa shape index (κ3) is 6.30. The summed E-state index contributed by atoms with van der Waals surface area (Å²) in [5.41, 5.74) is 2.65. The average Bonchev–Trinajstić information content (AvgIpc) is 3.63. The van der Waals surface area contributed by atoms with Crippen LogP contribution in [0.1, 0.15) is 27.0 Å². The number of alkyl halides is 3. The summed E-state index contributed by atoms with van der Waals surface area (Å²) >= 11 is 1.34. The third-order valence-corrected chi connectivity index (χ3v) is 8.42. The van der Waals surface area contributed by atoms with E-state index in [4.69, 9.17) is 0 Å². The van der Waals surface area contributed by atoms with Gasteiger partial charge in [0.1, 0.15) is 5.69 Å². The van der Waals surface area contributed by atoms with E-state index in [0.29, 0.717) is 41.0 Å². The molecule has 6 rings (SSSR count). The number of benzene rings is 2. The Morgan fingerprint density at radius 1 is 1.07 bits per heavy atom. The summed E-state index contributed by atoms with van der Waals surface area (Å²) in [6.07, 6.45) is -1.33. The molecule has 2 N–H and O–H groups in total. The van der Waals surface area contributed by atoms with Gasteiger partial charge in [-0.2, -0.15) is 13.2 Å². The first-order valence-electron chi connectivity index (χ1n) is 13.9. The van der Waals surface area contributed by atoms with E-state index in [9.17, 15) is 22.4 Å². The lowest BCUT2D eigenvalue weighted by molar-refractivity contribution is -0.138. The molecule has 0 aliphatic carbocycles. The molecule has 1 saturated heterocycles. The number of pyridine rings is 1. The number of hydrogen-bond donors (Lipinski definition) is 2. The molecular weight excluding hydrogens is 594 g/mol. The van der Waals surface area contributed by atoms with Gasteiger partial charge in [0.15, 0.2) is 16.6 Å². The van der Waals surface area contributed by atoms with Crippen molar-refractivity contribution in [1.29, 1.82) is 0 Å². The Bertz CT molecular complexity index is 1830. The first-order chi connectivity index (χ1) is 21.0. The topological polar surface area (TPSA) is 77.8 Å². The molecule has 8 nitrogen and oxygen atoms in total. The van der Waals surface area contributed by atoms with Crippen LogP contribution in [0.4, 0.5) is 34.1 Å². The number of imidazole rings is 1. The minimum atomic E-state index is -4.59. The van der Waals surface area contributed by atoms with Crippen LogP contribution < -0.4 is 10.6 Å². The molecule has 4 heterocycles. The highest BCUT2D eigenvalue weighted by atomic mass is 32.1. The van der Waals surface area contributed by atoms with Crippen molar-refractivity contribution >= 4 is 39.4 Å². The number of fused-ring (bicyclic) bond motifs is 1. The van der Waals surface area contributed by atoms with Gasteiger partial charge >= 0.3 is 6.18 Å². The normalized spacial score (nSPS) is 14.7. The highest BCUT2D eigenvalue weighted by Gasteiger charge is 2.34. The largest absolute Gasteiger partial charge is 0.416 e. The van der Waals surface area contributed by atoms with Gasteiger partial charge in [-0.05, 0) is 61.5 Å². The number of carbonyl (C=O) groups is 1. The molecule has 0 radical (unpaired) electrons. The summed E-state index contributed by atoms with van der Waals surface area (Å²) in [5, 5.41) is 8.35. The SMILES string of the molecule is Cc1ccc(NC(=O)c2ccc(CN3CCN(C)CC3)c(C(F)(F)F)c2)cc1Nc1nc(-c2cnc3c(F)cccn23)cs1. The predicted molar refractivity (Wildman–Crippen MR) is 163 cm³/mol. The van der Waals surface area contributed by atoms with E-state index in [1.165, 1.54) is 29.5 Å². The first kappa shape index (κ1) is 29.7. The maximum atomic E-state index is 14.1. The number of nitrogens with one attached hydrogen (secondary N) is 2. The summed E-state index contributed by atoms with van der Waals surface area (Å²) in [7, 11) is 1.99. The zero-order valence-electron chi connectivity index (χ0n) is 24.0. The Morgan fingerprint density at radius 2 is 1.86 bits per heavy atom. The number of aryl methyl sites for hydroxylation is 1. The van der Waals surface area contributed by atoms with Gasteiger partial charge in [0.05, 0.1) is 17.5 Å². The van der Waals surface area contributed by atoms with Crippen LogP contribution in [-0.2, 0) is 12.7 Å². The number of anilines is 3. The summed E-state index contributed by atoms with van der Waals surface area (Å²) in [6, 6.07) is 11.9. The fourth-order valence-corrected chi connectivity index (χ4v) is 5.85. The Balaban J connectivity index is 1.18. The number of hydrogen-bond acceptors (Lipinski definition) is 7. The molecular formula is C31H29F4N7OS. The van der Waals surface area contributed by atoms with E-state index in [-0.39, 0.29) is 23.3 Å².